The van der Waals surface area contributed by atoms with E-state index in [0.717, 1.165) is 12.1 Å². The quantitative estimate of drug-likeness (QED) is 0.690. The first-order valence-electron chi connectivity index (χ1n) is 7.55. The SMILES string of the molecule is COCCn1c(CNS(=O)(=O)c2ccc(F)cc2)nc2cccnc21. The molecule has 0 fully saturated rings. The Morgan fingerprint density at radius 1 is 1.24 bits per heavy atom. The molecule has 0 aliphatic rings. The molecule has 0 spiro atoms. The molecule has 0 radical (unpaired) electrons. The van der Waals surface area contributed by atoms with Crippen LogP contribution < -0.4 is 4.72 Å². The first-order valence-corrected chi connectivity index (χ1v) is 9.04. The zero-order chi connectivity index (χ0) is 17.9. The predicted octanol–water partition coefficient (Wildman–Crippen LogP) is 1.70. The average molecular weight is 364 g/mol. The predicted molar refractivity (Wildman–Crippen MR) is 89.8 cm³/mol. The van der Waals surface area contributed by atoms with Crippen LogP contribution in [0.2, 0.25) is 0 Å². The van der Waals surface area contributed by atoms with Crippen molar-refractivity contribution in [3.05, 3.63) is 54.2 Å². The maximum absolute atomic E-state index is 13.0. The normalized spacial score (nSPS) is 11.9. The summed E-state index contributed by atoms with van der Waals surface area (Å²) >= 11 is 0. The van der Waals surface area contributed by atoms with Crippen molar-refractivity contribution in [2.24, 2.45) is 0 Å². The number of pyridine rings is 1. The third-order valence-electron chi connectivity index (χ3n) is 3.65. The van der Waals surface area contributed by atoms with Crippen molar-refractivity contribution >= 4 is 21.2 Å². The first kappa shape index (κ1) is 17.5. The second kappa shape index (κ2) is 7.26. The minimum absolute atomic E-state index is 0.00780. The zero-order valence-electron chi connectivity index (χ0n) is 13.5. The molecule has 9 heteroatoms. The smallest absolute Gasteiger partial charge is 0.240 e. The molecule has 1 N–H and O–H groups in total. The fraction of sp³-hybridized carbons (Fsp3) is 0.250. The summed E-state index contributed by atoms with van der Waals surface area (Å²) in [6, 6.07) is 8.21. The number of hydrogen-bond acceptors (Lipinski definition) is 5. The van der Waals surface area contributed by atoms with Crippen LogP contribution in [0.3, 0.4) is 0 Å². The highest BCUT2D eigenvalue weighted by Crippen LogP contribution is 2.15. The fourth-order valence-corrected chi connectivity index (χ4v) is 3.39. The largest absolute Gasteiger partial charge is 0.383 e. The maximum atomic E-state index is 13.0. The molecule has 2 heterocycles. The summed E-state index contributed by atoms with van der Waals surface area (Å²) in [7, 11) is -2.18. The molecule has 0 unspecified atom stereocenters. The number of benzene rings is 1. The molecular formula is C16H17FN4O3S. The van der Waals surface area contributed by atoms with Crippen LogP contribution in [0.5, 0.6) is 0 Å². The molecule has 0 bridgehead atoms. The van der Waals surface area contributed by atoms with Crippen LogP contribution in [0.25, 0.3) is 11.2 Å². The Morgan fingerprint density at radius 2 is 2.00 bits per heavy atom. The fourth-order valence-electron chi connectivity index (χ4n) is 2.41. The summed E-state index contributed by atoms with van der Waals surface area (Å²) in [5, 5.41) is 0. The van der Waals surface area contributed by atoms with Crippen LogP contribution in [0, 0.1) is 5.82 Å². The van der Waals surface area contributed by atoms with E-state index in [-0.39, 0.29) is 11.4 Å². The van der Waals surface area contributed by atoms with Gasteiger partial charge in [-0.05, 0) is 36.4 Å². The zero-order valence-corrected chi connectivity index (χ0v) is 14.3. The van der Waals surface area contributed by atoms with E-state index < -0.39 is 15.8 Å². The van der Waals surface area contributed by atoms with E-state index in [1.54, 1.807) is 19.4 Å². The van der Waals surface area contributed by atoms with Gasteiger partial charge in [0.05, 0.1) is 18.0 Å². The summed E-state index contributed by atoms with van der Waals surface area (Å²) < 4.78 is 47.1. The summed E-state index contributed by atoms with van der Waals surface area (Å²) in [4.78, 5) is 8.72. The van der Waals surface area contributed by atoms with E-state index in [4.69, 9.17) is 4.74 Å². The van der Waals surface area contributed by atoms with Gasteiger partial charge in [-0.3, -0.25) is 0 Å². The van der Waals surface area contributed by atoms with E-state index in [9.17, 15) is 12.8 Å². The van der Waals surface area contributed by atoms with Gasteiger partial charge in [-0.15, -0.1) is 0 Å². The maximum Gasteiger partial charge on any atom is 0.240 e. The Bertz CT molecular complexity index is 971. The number of ether oxygens (including phenoxy) is 1. The number of fused-ring (bicyclic) bond motifs is 1. The van der Waals surface area contributed by atoms with Crippen molar-refractivity contribution < 1.29 is 17.5 Å². The Hall–Kier alpha value is -2.36. The lowest BCUT2D eigenvalue weighted by Gasteiger charge is -2.09. The first-order chi connectivity index (χ1) is 12.0. The van der Waals surface area contributed by atoms with Crippen LogP contribution >= 0.6 is 0 Å². The summed E-state index contributed by atoms with van der Waals surface area (Å²) in [6.45, 7) is 0.928. The topological polar surface area (TPSA) is 86.1 Å². The highest BCUT2D eigenvalue weighted by Gasteiger charge is 2.17. The number of aromatic nitrogens is 3. The standard InChI is InChI=1S/C16H17FN4O3S/c1-24-10-9-21-15(20-14-3-2-8-18-16(14)21)11-19-25(22,23)13-6-4-12(17)5-7-13/h2-8,19H,9-11H2,1H3. The van der Waals surface area contributed by atoms with Crippen LogP contribution in [0.4, 0.5) is 4.39 Å². The van der Waals surface area contributed by atoms with Gasteiger partial charge in [0, 0.05) is 19.9 Å². The molecule has 0 aliphatic heterocycles. The lowest BCUT2D eigenvalue weighted by molar-refractivity contribution is 0.187. The van der Waals surface area contributed by atoms with E-state index in [2.05, 4.69) is 14.7 Å². The van der Waals surface area contributed by atoms with Crippen LogP contribution in [0.15, 0.2) is 47.5 Å². The average Bonchev–Trinajstić information content (AvgIpc) is 2.96. The second-order valence-corrected chi connectivity index (χ2v) is 7.06. The van der Waals surface area contributed by atoms with E-state index in [0.29, 0.717) is 30.1 Å². The molecule has 0 aliphatic carbocycles. The number of halogens is 1. The molecule has 3 rings (SSSR count). The minimum atomic E-state index is -3.77. The van der Waals surface area contributed by atoms with Crippen molar-refractivity contribution in [2.75, 3.05) is 13.7 Å². The van der Waals surface area contributed by atoms with Gasteiger partial charge in [-0.1, -0.05) is 0 Å². The van der Waals surface area contributed by atoms with Crippen molar-refractivity contribution in [2.45, 2.75) is 18.0 Å². The highest BCUT2D eigenvalue weighted by atomic mass is 32.2. The number of methoxy groups -OCH3 is 1. The van der Waals surface area contributed by atoms with Gasteiger partial charge in [0.1, 0.15) is 17.2 Å². The molecule has 0 saturated heterocycles. The Kier molecular flexibility index (Phi) is 5.07. The van der Waals surface area contributed by atoms with Gasteiger partial charge in [0.25, 0.3) is 0 Å². The highest BCUT2D eigenvalue weighted by molar-refractivity contribution is 7.89. The molecule has 0 amide bonds. The Balaban J connectivity index is 1.86. The lowest BCUT2D eigenvalue weighted by atomic mass is 10.4. The van der Waals surface area contributed by atoms with E-state index >= 15 is 0 Å². The van der Waals surface area contributed by atoms with Crippen LogP contribution in [-0.4, -0.2) is 36.7 Å². The van der Waals surface area contributed by atoms with Gasteiger partial charge in [-0.25, -0.2) is 27.5 Å². The Labute approximate surface area is 144 Å². The summed E-state index contributed by atoms with van der Waals surface area (Å²) in [5.41, 5.74) is 1.34. The van der Waals surface area contributed by atoms with Crippen molar-refractivity contribution in [3.8, 4) is 0 Å². The molecule has 132 valence electrons. The van der Waals surface area contributed by atoms with Crippen LogP contribution in [0.1, 0.15) is 5.82 Å². The number of rotatable bonds is 7. The number of imidazole rings is 1. The third-order valence-corrected chi connectivity index (χ3v) is 5.06. The molecule has 0 saturated carbocycles. The number of nitrogens with one attached hydrogen (secondary N) is 1. The van der Waals surface area contributed by atoms with Crippen molar-refractivity contribution in [1.82, 2.24) is 19.3 Å². The second-order valence-electron chi connectivity index (χ2n) is 5.30. The molecule has 1 aromatic carbocycles. The summed E-state index contributed by atoms with van der Waals surface area (Å²) in [5.74, 6) is 0.0304. The molecule has 25 heavy (non-hydrogen) atoms. The third kappa shape index (κ3) is 3.84. The lowest BCUT2D eigenvalue weighted by Crippen LogP contribution is -2.25. The van der Waals surface area contributed by atoms with Gasteiger partial charge in [0.2, 0.25) is 10.0 Å². The molecule has 2 aromatic heterocycles. The molecular weight excluding hydrogens is 347 g/mol. The number of sulfonamides is 1. The molecule has 3 aromatic rings. The van der Waals surface area contributed by atoms with Gasteiger partial charge < -0.3 is 9.30 Å². The molecule has 7 nitrogen and oxygen atoms in total. The number of nitrogens with zero attached hydrogens (tertiary/aromatic N) is 3. The van der Waals surface area contributed by atoms with Crippen LogP contribution in [-0.2, 0) is 27.8 Å². The van der Waals surface area contributed by atoms with Crippen molar-refractivity contribution in [3.63, 3.8) is 0 Å². The van der Waals surface area contributed by atoms with Crippen molar-refractivity contribution in [1.29, 1.82) is 0 Å². The monoisotopic (exact) mass is 364 g/mol. The van der Waals surface area contributed by atoms with E-state index in [1.807, 2.05) is 10.6 Å². The van der Waals surface area contributed by atoms with Gasteiger partial charge in [0.15, 0.2) is 5.65 Å². The summed E-state index contributed by atoms with van der Waals surface area (Å²) in [6.07, 6.45) is 1.65. The van der Waals surface area contributed by atoms with E-state index in [1.165, 1.54) is 12.1 Å². The minimum Gasteiger partial charge on any atom is -0.383 e. The number of hydrogen-bond donors (Lipinski definition) is 1. The Morgan fingerprint density at radius 3 is 2.72 bits per heavy atom. The van der Waals surface area contributed by atoms with Gasteiger partial charge in [-0.2, -0.15) is 0 Å². The molecule has 0 atom stereocenters. The van der Waals surface area contributed by atoms with Gasteiger partial charge >= 0.3 is 0 Å².